The number of benzene rings is 1. The Bertz CT molecular complexity index is 572. The molecule has 1 aromatic heterocycles. The molecule has 0 N–H and O–H groups in total. The Kier molecular flexibility index (Phi) is 2.92. The summed E-state index contributed by atoms with van der Waals surface area (Å²) >= 11 is 0. The number of ether oxygens (including phenoxy) is 2. The Morgan fingerprint density at radius 3 is 2.59 bits per heavy atom. The van der Waals surface area contributed by atoms with Gasteiger partial charge in [-0.15, -0.1) is 0 Å². The van der Waals surface area contributed by atoms with E-state index >= 15 is 0 Å². The van der Waals surface area contributed by atoms with E-state index in [0.717, 1.165) is 0 Å². The summed E-state index contributed by atoms with van der Waals surface area (Å²) in [7, 11) is 3.10. The molecule has 0 aliphatic rings. The van der Waals surface area contributed by atoms with Crippen LogP contribution in [0.5, 0.6) is 11.5 Å². The largest absolute Gasteiger partial charge is 0.493 e. The van der Waals surface area contributed by atoms with E-state index < -0.39 is 0 Å². The summed E-state index contributed by atoms with van der Waals surface area (Å²) in [6, 6.07) is 6.98. The standard InChI is InChI=1S/C11H9N3O3/c1-15-8-4-3-7(5-9(8)16-2)11-13-10(6-12)17-14-11/h3-5H,1-2H3. The Morgan fingerprint density at radius 2 is 2.00 bits per heavy atom. The third kappa shape index (κ3) is 2.03. The second-order valence-corrected chi connectivity index (χ2v) is 3.10. The molecule has 0 aliphatic carbocycles. The fourth-order valence-electron chi connectivity index (χ4n) is 1.36. The lowest BCUT2D eigenvalue weighted by Crippen LogP contribution is -1.91. The van der Waals surface area contributed by atoms with Gasteiger partial charge in [-0.2, -0.15) is 10.2 Å². The van der Waals surface area contributed by atoms with E-state index in [1.54, 1.807) is 38.5 Å². The summed E-state index contributed by atoms with van der Waals surface area (Å²) in [6.45, 7) is 0. The molecule has 0 atom stereocenters. The molecule has 0 bridgehead atoms. The molecule has 0 amide bonds. The molecule has 6 nitrogen and oxygen atoms in total. The highest BCUT2D eigenvalue weighted by molar-refractivity contribution is 5.60. The molecule has 1 aromatic carbocycles. The van der Waals surface area contributed by atoms with Crippen molar-refractivity contribution in [3.8, 4) is 29.0 Å². The van der Waals surface area contributed by atoms with Gasteiger partial charge in [-0.25, -0.2) is 0 Å². The van der Waals surface area contributed by atoms with Crippen LogP contribution in [0.15, 0.2) is 22.7 Å². The first-order valence-electron chi connectivity index (χ1n) is 4.74. The number of nitriles is 1. The Labute approximate surface area is 97.4 Å². The second-order valence-electron chi connectivity index (χ2n) is 3.10. The van der Waals surface area contributed by atoms with Gasteiger partial charge in [0, 0.05) is 5.56 Å². The fraction of sp³-hybridized carbons (Fsp3) is 0.182. The molecule has 0 spiro atoms. The zero-order chi connectivity index (χ0) is 12.3. The van der Waals surface area contributed by atoms with Crippen molar-refractivity contribution in [1.29, 1.82) is 5.26 Å². The molecule has 17 heavy (non-hydrogen) atoms. The number of aromatic nitrogens is 2. The number of hydrogen-bond acceptors (Lipinski definition) is 6. The topological polar surface area (TPSA) is 81.2 Å². The Balaban J connectivity index is 2.43. The summed E-state index contributed by atoms with van der Waals surface area (Å²) in [5.41, 5.74) is 0.688. The van der Waals surface area contributed by atoms with Crippen LogP contribution in [0.25, 0.3) is 11.4 Å². The molecule has 2 rings (SSSR count). The van der Waals surface area contributed by atoms with Gasteiger partial charge in [-0.1, -0.05) is 5.16 Å². The average Bonchev–Trinajstić information content (AvgIpc) is 2.86. The van der Waals surface area contributed by atoms with Crippen molar-refractivity contribution in [2.45, 2.75) is 0 Å². The molecule has 86 valence electrons. The van der Waals surface area contributed by atoms with Gasteiger partial charge in [-0.05, 0) is 18.2 Å². The third-order valence-electron chi connectivity index (χ3n) is 2.16. The van der Waals surface area contributed by atoms with Crippen LogP contribution in [-0.4, -0.2) is 24.4 Å². The van der Waals surface area contributed by atoms with Crippen LogP contribution >= 0.6 is 0 Å². The van der Waals surface area contributed by atoms with E-state index in [4.69, 9.17) is 19.3 Å². The quantitative estimate of drug-likeness (QED) is 0.798. The molecule has 0 aliphatic heterocycles. The minimum atomic E-state index is -0.0743. The van der Waals surface area contributed by atoms with Crippen molar-refractivity contribution in [1.82, 2.24) is 10.1 Å². The SMILES string of the molecule is COc1ccc(-c2noc(C#N)n2)cc1OC. The van der Waals surface area contributed by atoms with Gasteiger partial charge in [-0.3, -0.25) is 0 Å². The lowest BCUT2D eigenvalue weighted by atomic mass is 10.2. The summed E-state index contributed by atoms with van der Waals surface area (Å²) in [4.78, 5) is 3.89. The van der Waals surface area contributed by atoms with E-state index in [9.17, 15) is 0 Å². The molecule has 0 saturated carbocycles. The van der Waals surface area contributed by atoms with E-state index in [2.05, 4.69) is 10.1 Å². The van der Waals surface area contributed by atoms with Crippen molar-refractivity contribution in [2.24, 2.45) is 0 Å². The van der Waals surface area contributed by atoms with E-state index in [1.807, 2.05) is 0 Å². The first-order valence-corrected chi connectivity index (χ1v) is 4.74. The second kappa shape index (κ2) is 4.53. The van der Waals surface area contributed by atoms with Crippen molar-refractivity contribution in [3.63, 3.8) is 0 Å². The van der Waals surface area contributed by atoms with Crippen molar-refractivity contribution in [3.05, 3.63) is 24.1 Å². The molecule has 0 unspecified atom stereocenters. The van der Waals surface area contributed by atoms with Gasteiger partial charge in [0.05, 0.1) is 14.2 Å². The summed E-state index contributed by atoms with van der Waals surface area (Å²) in [5, 5.41) is 12.3. The molecule has 0 fully saturated rings. The minimum absolute atomic E-state index is 0.0743. The van der Waals surface area contributed by atoms with Gasteiger partial charge < -0.3 is 14.0 Å². The van der Waals surface area contributed by atoms with Crippen molar-refractivity contribution >= 4 is 0 Å². The number of nitrogens with zero attached hydrogens (tertiary/aromatic N) is 3. The maximum atomic E-state index is 8.59. The third-order valence-corrected chi connectivity index (χ3v) is 2.16. The Morgan fingerprint density at radius 1 is 1.24 bits per heavy atom. The lowest BCUT2D eigenvalue weighted by molar-refractivity contribution is 0.355. The number of rotatable bonds is 3. The molecule has 1 heterocycles. The van der Waals surface area contributed by atoms with Crippen molar-refractivity contribution < 1.29 is 14.0 Å². The highest BCUT2D eigenvalue weighted by Gasteiger charge is 2.11. The summed E-state index contributed by atoms with van der Waals surface area (Å²) in [6.07, 6.45) is 0. The van der Waals surface area contributed by atoms with Crippen LogP contribution in [0.2, 0.25) is 0 Å². The van der Waals surface area contributed by atoms with Crippen LogP contribution in [0.1, 0.15) is 5.89 Å². The molecular weight excluding hydrogens is 222 g/mol. The maximum absolute atomic E-state index is 8.59. The number of hydrogen-bond donors (Lipinski definition) is 0. The van der Waals surface area contributed by atoms with Crippen LogP contribution in [0.4, 0.5) is 0 Å². The Hall–Kier alpha value is -2.55. The molecule has 2 aromatic rings. The molecule has 0 saturated heterocycles. The molecule has 6 heteroatoms. The summed E-state index contributed by atoms with van der Waals surface area (Å²) in [5.74, 6) is 1.44. The van der Waals surface area contributed by atoms with E-state index in [-0.39, 0.29) is 5.89 Å². The van der Waals surface area contributed by atoms with E-state index in [0.29, 0.717) is 22.9 Å². The number of methoxy groups -OCH3 is 2. The maximum Gasteiger partial charge on any atom is 0.329 e. The highest BCUT2D eigenvalue weighted by Crippen LogP contribution is 2.30. The first-order chi connectivity index (χ1) is 8.28. The summed E-state index contributed by atoms with van der Waals surface area (Å²) < 4.78 is 15.0. The first kappa shape index (κ1) is 11.0. The lowest BCUT2D eigenvalue weighted by Gasteiger charge is -2.07. The van der Waals surface area contributed by atoms with Crippen LogP contribution < -0.4 is 9.47 Å². The van der Waals surface area contributed by atoms with Gasteiger partial charge in [0.25, 0.3) is 0 Å². The predicted molar refractivity (Wildman–Crippen MR) is 57.6 cm³/mol. The smallest absolute Gasteiger partial charge is 0.329 e. The van der Waals surface area contributed by atoms with Gasteiger partial charge in [0.1, 0.15) is 0 Å². The fourth-order valence-corrected chi connectivity index (χ4v) is 1.36. The zero-order valence-corrected chi connectivity index (χ0v) is 9.30. The molecule has 0 radical (unpaired) electrons. The van der Waals surface area contributed by atoms with Gasteiger partial charge in [0.2, 0.25) is 5.82 Å². The monoisotopic (exact) mass is 231 g/mol. The van der Waals surface area contributed by atoms with E-state index in [1.165, 1.54) is 0 Å². The molecular formula is C11H9N3O3. The van der Waals surface area contributed by atoms with Gasteiger partial charge in [0.15, 0.2) is 17.6 Å². The van der Waals surface area contributed by atoms with Crippen LogP contribution in [-0.2, 0) is 0 Å². The minimum Gasteiger partial charge on any atom is -0.493 e. The zero-order valence-electron chi connectivity index (χ0n) is 9.30. The normalized spacial score (nSPS) is 9.71. The average molecular weight is 231 g/mol. The van der Waals surface area contributed by atoms with Gasteiger partial charge >= 0.3 is 5.89 Å². The van der Waals surface area contributed by atoms with Crippen LogP contribution in [0, 0.1) is 11.3 Å². The highest BCUT2D eigenvalue weighted by atomic mass is 16.5. The van der Waals surface area contributed by atoms with Crippen molar-refractivity contribution in [2.75, 3.05) is 14.2 Å². The predicted octanol–water partition coefficient (Wildman–Crippen LogP) is 1.63. The van der Waals surface area contributed by atoms with Crippen LogP contribution in [0.3, 0.4) is 0 Å².